The van der Waals surface area contributed by atoms with E-state index in [2.05, 4.69) is 0 Å². The Morgan fingerprint density at radius 2 is 2.09 bits per heavy atom. The van der Waals surface area contributed by atoms with E-state index in [1.165, 1.54) is 0 Å². The van der Waals surface area contributed by atoms with Gasteiger partial charge in [0.2, 0.25) is 0 Å². The third-order valence-corrected chi connectivity index (χ3v) is 0.866. The molecule has 1 aliphatic rings. The first-order valence-corrected chi connectivity index (χ1v) is 2.83. The van der Waals surface area contributed by atoms with Crippen LogP contribution in [-0.2, 0) is 14.3 Å². The maximum atomic E-state index is 8.36. The third-order valence-electron chi connectivity index (χ3n) is 0.866. The molecule has 4 nitrogen and oxygen atoms in total. The Labute approximate surface area is 78.0 Å². The van der Waals surface area contributed by atoms with Crippen molar-refractivity contribution < 1.29 is 38.2 Å². The summed E-state index contributed by atoms with van der Waals surface area (Å²) in [5.74, 6) is -0.361. The maximum Gasteiger partial charge on any atom is 1.00 e. The Hall–Kier alpha value is -0.0126. The molecule has 1 heterocycles. The molecule has 5 heteroatoms. The van der Waals surface area contributed by atoms with E-state index in [9.17, 15) is 0 Å². The molecule has 1 aliphatic heterocycles. The van der Waals surface area contributed by atoms with Gasteiger partial charge in [-0.25, -0.2) is 0 Å². The van der Waals surface area contributed by atoms with Gasteiger partial charge in [-0.3, -0.25) is 4.79 Å². The molecule has 0 amide bonds. The summed E-state index contributed by atoms with van der Waals surface area (Å²) < 4.78 is 10.1. The molecule has 1 rings (SSSR count). The minimum absolute atomic E-state index is 0. The van der Waals surface area contributed by atoms with E-state index in [4.69, 9.17) is 19.4 Å². The quantitative estimate of drug-likeness (QED) is 0.241. The monoisotopic (exact) mass is 154 g/mol. The molecule has 0 saturated carbocycles. The molecular weight excluding hydrogens is 143 g/mol. The van der Waals surface area contributed by atoms with Gasteiger partial charge in [0.1, 0.15) is 5.79 Å². The van der Waals surface area contributed by atoms with Gasteiger partial charge in [0.05, 0.1) is 0 Å². The van der Waals surface area contributed by atoms with Crippen LogP contribution >= 0.6 is 0 Å². The van der Waals surface area contributed by atoms with E-state index in [0.717, 1.165) is 0 Å². The zero-order valence-corrected chi connectivity index (χ0v) is 7.03. The van der Waals surface area contributed by atoms with E-state index >= 15 is 0 Å². The Balaban J connectivity index is 0. The predicted molar refractivity (Wildman–Crippen MR) is 34.1 cm³/mol. The Kier molecular flexibility index (Phi) is 8.24. The normalized spacial score (nSPS) is 19.1. The zero-order valence-electron chi connectivity index (χ0n) is 7.03. The minimum Gasteiger partial charge on any atom is -0.526 e. The summed E-state index contributed by atoms with van der Waals surface area (Å²) in [6.45, 7) is 5.81. The van der Waals surface area contributed by atoms with Gasteiger partial charge < -0.3 is 14.6 Å². The molecule has 0 radical (unpaired) electrons. The summed E-state index contributed by atoms with van der Waals surface area (Å²) in [6.07, 6.45) is 0. The second-order valence-corrected chi connectivity index (χ2v) is 2.10. The average Bonchev–Trinajstić information content (AvgIpc) is 2.16. The van der Waals surface area contributed by atoms with Crippen LogP contribution in [0.5, 0.6) is 0 Å². The zero-order chi connectivity index (χ0) is 8.04. The van der Waals surface area contributed by atoms with Gasteiger partial charge in [0, 0.05) is 0 Å². The van der Waals surface area contributed by atoms with Gasteiger partial charge in [-0.1, -0.05) is 6.61 Å². The van der Waals surface area contributed by atoms with Gasteiger partial charge in [-0.2, -0.15) is 6.61 Å². The Morgan fingerprint density at radius 3 is 2.18 bits per heavy atom. The summed E-state index contributed by atoms with van der Waals surface area (Å²) in [5.41, 5.74) is 0. The van der Waals surface area contributed by atoms with Crippen molar-refractivity contribution in [1.29, 1.82) is 0 Å². The van der Waals surface area contributed by atoms with Crippen LogP contribution in [0.3, 0.4) is 0 Å². The SMILES string of the molecule is CC1(C)O[CH-]CO1.O=CO.[Li+]. The van der Waals surface area contributed by atoms with E-state index < -0.39 is 0 Å². The molecule has 0 spiro atoms. The Morgan fingerprint density at radius 1 is 1.64 bits per heavy atom. The number of carboxylic acid groups (broad SMARTS) is 1. The van der Waals surface area contributed by atoms with E-state index in [1.54, 1.807) is 6.61 Å². The van der Waals surface area contributed by atoms with Gasteiger partial charge in [-0.15, -0.1) is 0 Å². The first-order chi connectivity index (χ1) is 4.62. The van der Waals surface area contributed by atoms with Crippen molar-refractivity contribution in [3.8, 4) is 0 Å². The van der Waals surface area contributed by atoms with Gasteiger partial charge >= 0.3 is 18.9 Å². The largest absolute Gasteiger partial charge is 1.00 e. The molecule has 0 aromatic rings. The van der Waals surface area contributed by atoms with Crippen molar-refractivity contribution in [2.45, 2.75) is 19.6 Å². The van der Waals surface area contributed by atoms with Crippen LogP contribution in [0, 0.1) is 6.61 Å². The second-order valence-electron chi connectivity index (χ2n) is 2.10. The summed E-state index contributed by atoms with van der Waals surface area (Å²) >= 11 is 0. The maximum absolute atomic E-state index is 8.36. The fraction of sp³-hybridized carbons (Fsp3) is 0.667. The topological polar surface area (TPSA) is 55.8 Å². The van der Waals surface area contributed by atoms with E-state index in [1.807, 2.05) is 13.8 Å². The molecule has 0 aromatic heterocycles. The van der Waals surface area contributed by atoms with Crippen LogP contribution in [0.15, 0.2) is 0 Å². The molecule has 1 N–H and O–H groups in total. The molecule has 0 unspecified atom stereocenters. The minimum atomic E-state index is -0.361. The molecule has 0 bridgehead atoms. The number of hydrogen-bond acceptors (Lipinski definition) is 3. The van der Waals surface area contributed by atoms with Crippen molar-refractivity contribution in [3.63, 3.8) is 0 Å². The van der Waals surface area contributed by atoms with E-state index in [0.29, 0.717) is 6.61 Å². The van der Waals surface area contributed by atoms with Crippen molar-refractivity contribution in [1.82, 2.24) is 0 Å². The molecule has 1 saturated heterocycles. The second kappa shape index (κ2) is 6.68. The number of hydrogen-bond donors (Lipinski definition) is 1. The van der Waals surface area contributed by atoms with Gasteiger partial charge in [-0.05, 0) is 13.8 Å². The molecule has 0 atom stereocenters. The predicted octanol–water partition coefficient (Wildman–Crippen LogP) is -2.36. The third kappa shape index (κ3) is 7.89. The van der Waals surface area contributed by atoms with E-state index in [-0.39, 0.29) is 31.1 Å². The standard InChI is InChI=1S/C5H9O2.CH2O2.Li/c1-5(2)6-3-4-7-5;2-1-3;/h3H,4H2,1-2H3;1H,(H,2,3);/q-1;;+1. The van der Waals surface area contributed by atoms with Crippen LogP contribution < -0.4 is 18.9 Å². The van der Waals surface area contributed by atoms with Crippen LogP contribution in [0.25, 0.3) is 0 Å². The van der Waals surface area contributed by atoms with Gasteiger partial charge in [0.25, 0.3) is 6.47 Å². The fourth-order valence-electron chi connectivity index (χ4n) is 0.503. The first-order valence-electron chi connectivity index (χ1n) is 2.83. The van der Waals surface area contributed by atoms with Crippen LogP contribution in [0.2, 0.25) is 0 Å². The van der Waals surface area contributed by atoms with Crippen molar-refractivity contribution in [3.05, 3.63) is 6.61 Å². The van der Waals surface area contributed by atoms with Crippen molar-refractivity contribution >= 4 is 6.47 Å². The summed E-state index contributed by atoms with van der Waals surface area (Å²) in [5, 5.41) is 6.89. The summed E-state index contributed by atoms with van der Waals surface area (Å²) in [4.78, 5) is 8.36. The Bertz CT molecular complexity index is 96.8. The fourth-order valence-corrected chi connectivity index (χ4v) is 0.503. The number of ether oxygens (including phenoxy) is 2. The molecule has 11 heavy (non-hydrogen) atoms. The smallest absolute Gasteiger partial charge is 0.526 e. The molecule has 1 fully saturated rings. The van der Waals surface area contributed by atoms with Crippen molar-refractivity contribution in [2.24, 2.45) is 0 Å². The average molecular weight is 154 g/mol. The van der Waals surface area contributed by atoms with Crippen molar-refractivity contribution in [2.75, 3.05) is 6.61 Å². The number of rotatable bonds is 0. The summed E-state index contributed by atoms with van der Waals surface area (Å²) in [6, 6.07) is 0. The first kappa shape index (κ1) is 13.6. The number of carbonyl (C=O) groups is 1. The molecule has 0 aliphatic carbocycles. The summed E-state index contributed by atoms with van der Waals surface area (Å²) in [7, 11) is 0. The van der Waals surface area contributed by atoms with Crippen LogP contribution in [0.1, 0.15) is 13.8 Å². The molecule has 60 valence electrons. The molecule has 0 aromatic carbocycles. The van der Waals surface area contributed by atoms with Gasteiger partial charge in [0.15, 0.2) is 0 Å². The van der Waals surface area contributed by atoms with Crippen LogP contribution in [0.4, 0.5) is 0 Å². The molecular formula is C6H11LiO4. The van der Waals surface area contributed by atoms with Crippen LogP contribution in [-0.4, -0.2) is 24.0 Å².